The predicted octanol–water partition coefficient (Wildman–Crippen LogP) is 5.83. The van der Waals surface area contributed by atoms with Gasteiger partial charge in [0.05, 0.1) is 28.9 Å². The number of carbonyl (C=O) groups excluding carboxylic acids is 3. The van der Waals surface area contributed by atoms with Crippen molar-refractivity contribution in [3.8, 4) is 0 Å². The molecule has 0 saturated heterocycles. The molecule has 2 aromatic heterocycles. The molecule has 0 unspecified atom stereocenters. The molecule has 0 saturated carbocycles. The summed E-state index contributed by atoms with van der Waals surface area (Å²) in [5, 5.41) is 7.89. The van der Waals surface area contributed by atoms with Crippen molar-refractivity contribution in [1.29, 1.82) is 0 Å². The Hall–Kier alpha value is -4.44. The molecule has 4 rings (SSSR count). The van der Waals surface area contributed by atoms with Crippen molar-refractivity contribution in [2.75, 3.05) is 13.7 Å². The van der Waals surface area contributed by atoms with Crippen LogP contribution in [0.4, 0.5) is 4.79 Å². The van der Waals surface area contributed by atoms with E-state index in [1.165, 1.54) is 16.4 Å². The van der Waals surface area contributed by atoms with E-state index in [9.17, 15) is 14.4 Å². The summed E-state index contributed by atoms with van der Waals surface area (Å²) in [6, 6.07) is 18.5. The fraction of sp³-hybridized carbons (Fsp3) is 0.233. The van der Waals surface area contributed by atoms with E-state index in [4.69, 9.17) is 9.47 Å². The SMILES string of the molecule is CNC(=O)c1ccccc1Sc1ccc2c(/C=C/c3ccccn3)nn(C(=O)OCCC(=O)OC(C)(C)C)c2c1. The average molecular weight is 559 g/mol. The van der Waals surface area contributed by atoms with E-state index >= 15 is 0 Å². The highest BCUT2D eigenvalue weighted by Crippen LogP contribution is 2.33. The van der Waals surface area contributed by atoms with Gasteiger partial charge in [-0.1, -0.05) is 30.0 Å². The van der Waals surface area contributed by atoms with Crippen LogP contribution in [0.3, 0.4) is 0 Å². The number of rotatable bonds is 8. The summed E-state index contributed by atoms with van der Waals surface area (Å²) < 4.78 is 11.8. The van der Waals surface area contributed by atoms with Crippen LogP contribution in [0.25, 0.3) is 23.1 Å². The molecule has 206 valence electrons. The van der Waals surface area contributed by atoms with Crippen LogP contribution in [0.15, 0.2) is 76.7 Å². The smallest absolute Gasteiger partial charge is 0.435 e. The molecule has 10 heteroatoms. The number of nitrogens with zero attached hydrogens (tertiary/aromatic N) is 3. The van der Waals surface area contributed by atoms with Gasteiger partial charge in [0, 0.05) is 28.4 Å². The van der Waals surface area contributed by atoms with Crippen LogP contribution in [-0.4, -0.2) is 52.0 Å². The normalized spacial score (nSPS) is 11.5. The largest absolute Gasteiger partial charge is 0.460 e. The highest BCUT2D eigenvalue weighted by Gasteiger charge is 2.20. The zero-order valence-corrected chi connectivity index (χ0v) is 23.5. The first-order valence-electron chi connectivity index (χ1n) is 12.6. The molecule has 40 heavy (non-hydrogen) atoms. The molecule has 4 aromatic rings. The number of ether oxygens (including phenoxy) is 2. The van der Waals surface area contributed by atoms with E-state index in [0.717, 1.165) is 20.9 Å². The predicted molar refractivity (Wildman–Crippen MR) is 154 cm³/mol. The molecule has 1 N–H and O–H groups in total. The summed E-state index contributed by atoms with van der Waals surface area (Å²) in [4.78, 5) is 43.4. The molecule has 0 aliphatic carbocycles. The molecule has 0 bridgehead atoms. The van der Waals surface area contributed by atoms with E-state index in [1.807, 2.05) is 54.6 Å². The van der Waals surface area contributed by atoms with Crippen molar-refractivity contribution in [3.63, 3.8) is 0 Å². The van der Waals surface area contributed by atoms with Crippen molar-refractivity contribution < 1.29 is 23.9 Å². The van der Waals surface area contributed by atoms with Crippen LogP contribution in [-0.2, 0) is 14.3 Å². The summed E-state index contributed by atoms with van der Waals surface area (Å²) in [6.45, 7) is 5.17. The lowest BCUT2D eigenvalue weighted by Crippen LogP contribution is -2.25. The second-order valence-corrected chi connectivity index (χ2v) is 10.8. The van der Waals surface area contributed by atoms with Gasteiger partial charge in [-0.15, -0.1) is 0 Å². The number of fused-ring (bicyclic) bond motifs is 1. The molecule has 0 spiro atoms. The molecule has 2 heterocycles. The first-order chi connectivity index (χ1) is 19.1. The minimum absolute atomic E-state index is 0.0774. The minimum Gasteiger partial charge on any atom is -0.460 e. The lowest BCUT2D eigenvalue weighted by molar-refractivity contribution is -0.155. The van der Waals surface area contributed by atoms with Gasteiger partial charge in [-0.25, -0.2) is 4.79 Å². The van der Waals surface area contributed by atoms with Crippen LogP contribution >= 0.6 is 11.8 Å². The Morgan fingerprint density at radius 3 is 2.52 bits per heavy atom. The van der Waals surface area contributed by atoms with E-state index in [2.05, 4.69) is 15.4 Å². The Morgan fingerprint density at radius 1 is 1.02 bits per heavy atom. The topological polar surface area (TPSA) is 112 Å². The van der Waals surface area contributed by atoms with Gasteiger partial charge in [0.25, 0.3) is 5.91 Å². The lowest BCUT2D eigenvalue weighted by Gasteiger charge is -2.19. The fourth-order valence-corrected chi connectivity index (χ4v) is 4.74. The maximum absolute atomic E-state index is 13.1. The Bertz CT molecular complexity index is 1560. The summed E-state index contributed by atoms with van der Waals surface area (Å²) >= 11 is 1.40. The number of esters is 1. The van der Waals surface area contributed by atoms with Crippen LogP contribution in [0.2, 0.25) is 0 Å². The molecule has 1 amide bonds. The number of hydrogen-bond donors (Lipinski definition) is 1. The third kappa shape index (κ3) is 7.35. The highest BCUT2D eigenvalue weighted by atomic mass is 32.2. The van der Waals surface area contributed by atoms with E-state index in [-0.39, 0.29) is 18.9 Å². The molecule has 0 aliphatic heterocycles. The Balaban J connectivity index is 1.64. The summed E-state index contributed by atoms with van der Waals surface area (Å²) in [5.41, 5.74) is 1.73. The maximum atomic E-state index is 13.1. The quantitative estimate of drug-likeness (QED) is 0.269. The number of nitrogens with one attached hydrogen (secondary N) is 1. The van der Waals surface area contributed by atoms with Gasteiger partial charge in [-0.3, -0.25) is 14.6 Å². The molecule has 9 nitrogen and oxygen atoms in total. The third-order valence-corrected chi connectivity index (χ3v) is 6.56. The summed E-state index contributed by atoms with van der Waals surface area (Å²) in [7, 11) is 1.59. The molecule has 0 radical (unpaired) electrons. The number of amides is 1. The summed E-state index contributed by atoms with van der Waals surface area (Å²) in [6.07, 6.45) is 4.48. The Morgan fingerprint density at radius 2 is 1.80 bits per heavy atom. The molecule has 0 fully saturated rings. The van der Waals surface area contributed by atoms with Crippen LogP contribution in [0, 0.1) is 0 Å². The first kappa shape index (κ1) is 28.6. The third-order valence-electron chi connectivity index (χ3n) is 5.49. The van der Waals surface area contributed by atoms with Gasteiger partial charge in [0.1, 0.15) is 12.2 Å². The van der Waals surface area contributed by atoms with Gasteiger partial charge in [-0.2, -0.15) is 9.78 Å². The van der Waals surface area contributed by atoms with Crippen molar-refractivity contribution in [1.82, 2.24) is 20.1 Å². The number of benzene rings is 2. The van der Waals surface area contributed by atoms with Gasteiger partial charge in [0.2, 0.25) is 0 Å². The van der Waals surface area contributed by atoms with Crippen molar-refractivity contribution in [2.24, 2.45) is 0 Å². The number of hydrogen-bond acceptors (Lipinski definition) is 8. The highest BCUT2D eigenvalue weighted by molar-refractivity contribution is 7.99. The van der Waals surface area contributed by atoms with Gasteiger partial charge >= 0.3 is 12.1 Å². The van der Waals surface area contributed by atoms with Gasteiger partial charge < -0.3 is 14.8 Å². The second kappa shape index (κ2) is 12.6. The summed E-state index contributed by atoms with van der Waals surface area (Å²) in [5.74, 6) is -0.650. The van der Waals surface area contributed by atoms with Crippen molar-refractivity contribution in [2.45, 2.75) is 42.6 Å². The Labute approximate surface area is 236 Å². The number of carbonyl (C=O) groups is 3. The van der Waals surface area contributed by atoms with E-state index in [1.54, 1.807) is 52.2 Å². The monoisotopic (exact) mass is 558 g/mol. The lowest BCUT2D eigenvalue weighted by atomic mass is 10.2. The molecule has 0 aliphatic rings. The van der Waals surface area contributed by atoms with Crippen molar-refractivity contribution >= 4 is 52.8 Å². The molecular weight excluding hydrogens is 528 g/mol. The fourth-order valence-electron chi connectivity index (χ4n) is 3.76. The zero-order valence-electron chi connectivity index (χ0n) is 22.7. The molecular formula is C30H30N4O5S. The zero-order chi connectivity index (χ0) is 28.7. The molecule has 2 aromatic carbocycles. The number of aromatic nitrogens is 3. The average Bonchev–Trinajstić information content (AvgIpc) is 3.29. The van der Waals surface area contributed by atoms with Gasteiger partial charge in [-0.05, 0) is 75.4 Å². The van der Waals surface area contributed by atoms with Crippen LogP contribution < -0.4 is 5.32 Å². The standard InChI is InChI=1S/C30H30N4O5S/c1-30(2,3)39-27(35)16-18-38-29(37)34-25-19-21(40-26-11-6-5-10-23(26)28(36)31-4)13-14-22(25)24(33-34)15-12-20-9-7-8-17-32-20/h5-15,17,19H,16,18H2,1-4H3,(H,31,36)/b15-12+. The Kier molecular flexibility index (Phi) is 9.00. The van der Waals surface area contributed by atoms with Crippen molar-refractivity contribution in [3.05, 3.63) is 83.8 Å². The first-order valence-corrected chi connectivity index (χ1v) is 13.5. The van der Waals surface area contributed by atoms with E-state index < -0.39 is 17.7 Å². The number of pyridine rings is 1. The minimum atomic E-state index is -0.723. The van der Waals surface area contributed by atoms with E-state index in [0.29, 0.717) is 16.8 Å². The second-order valence-electron chi connectivity index (χ2n) is 9.69. The maximum Gasteiger partial charge on any atom is 0.435 e. The van der Waals surface area contributed by atoms with Crippen LogP contribution in [0.5, 0.6) is 0 Å². The van der Waals surface area contributed by atoms with Crippen LogP contribution in [0.1, 0.15) is 48.9 Å². The molecule has 0 atom stereocenters. The van der Waals surface area contributed by atoms with Gasteiger partial charge in [0.15, 0.2) is 0 Å².